The summed E-state index contributed by atoms with van der Waals surface area (Å²) in [6.07, 6.45) is 1.51. The van der Waals surface area contributed by atoms with Crippen LogP contribution in [0, 0.1) is 15.5 Å². The molecule has 9 heteroatoms. The van der Waals surface area contributed by atoms with Gasteiger partial charge in [0.2, 0.25) is 0 Å². The van der Waals surface area contributed by atoms with E-state index in [1.165, 1.54) is 16.8 Å². The van der Waals surface area contributed by atoms with E-state index < -0.39 is 10.8 Å². The van der Waals surface area contributed by atoms with Gasteiger partial charge in [-0.25, -0.2) is 0 Å². The van der Waals surface area contributed by atoms with Gasteiger partial charge >= 0.3 is 0 Å². The van der Waals surface area contributed by atoms with Crippen LogP contribution in [0.25, 0.3) is 0 Å². The number of halogens is 1. The second-order valence-corrected chi connectivity index (χ2v) is 3.48. The first-order valence-electron chi connectivity index (χ1n) is 4.83. The molecule has 0 radical (unpaired) electrons. The maximum atomic E-state index is 11.6. The van der Waals surface area contributed by atoms with E-state index in [0.717, 1.165) is 0 Å². The molecule has 0 aliphatic rings. The molecular formula is C9H14ClN5O3. The average molecular weight is 276 g/mol. The minimum absolute atomic E-state index is 0. The standard InChI is InChI=1S/C9H13N5O3.ClH/c1-13-5-6(14(16)17)4-7(13)9(15)12-3-2-8(10)11;/h4-5H,2-3H2,1H3,(H3,10,11)(H,12,15);1H. The molecule has 1 aromatic heterocycles. The fourth-order valence-corrected chi connectivity index (χ4v) is 1.27. The fourth-order valence-electron chi connectivity index (χ4n) is 1.27. The Morgan fingerprint density at radius 1 is 1.67 bits per heavy atom. The summed E-state index contributed by atoms with van der Waals surface area (Å²) in [5.74, 6) is -0.454. The van der Waals surface area contributed by atoms with Gasteiger partial charge < -0.3 is 15.6 Å². The molecule has 0 aromatic carbocycles. The molecule has 0 saturated carbocycles. The van der Waals surface area contributed by atoms with Gasteiger partial charge in [-0.15, -0.1) is 12.4 Å². The summed E-state index contributed by atoms with van der Waals surface area (Å²) in [5.41, 5.74) is 5.19. The van der Waals surface area contributed by atoms with E-state index in [-0.39, 0.29) is 42.6 Å². The molecule has 1 aromatic rings. The number of aromatic nitrogens is 1. The number of aryl methyl sites for hydroxylation is 1. The molecule has 100 valence electrons. The van der Waals surface area contributed by atoms with E-state index in [0.29, 0.717) is 0 Å². The molecular weight excluding hydrogens is 262 g/mol. The number of carbonyl (C=O) groups is 1. The Balaban J connectivity index is 0.00000289. The smallest absolute Gasteiger partial charge is 0.287 e. The summed E-state index contributed by atoms with van der Waals surface area (Å²) in [6.45, 7) is 0.229. The molecule has 1 rings (SSSR count). The fraction of sp³-hybridized carbons (Fsp3) is 0.333. The van der Waals surface area contributed by atoms with Gasteiger partial charge in [-0.3, -0.25) is 20.3 Å². The van der Waals surface area contributed by atoms with Crippen molar-refractivity contribution in [1.82, 2.24) is 9.88 Å². The molecule has 0 aliphatic heterocycles. The van der Waals surface area contributed by atoms with Crippen molar-refractivity contribution in [3.05, 3.63) is 28.1 Å². The van der Waals surface area contributed by atoms with Crippen molar-refractivity contribution >= 4 is 29.8 Å². The molecule has 0 saturated heterocycles. The van der Waals surface area contributed by atoms with Crippen LogP contribution in [-0.2, 0) is 7.05 Å². The highest BCUT2D eigenvalue weighted by molar-refractivity contribution is 5.93. The lowest BCUT2D eigenvalue weighted by atomic mass is 10.3. The average Bonchev–Trinajstić information content (AvgIpc) is 2.59. The van der Waals surface area contributed by atoms with Crippen molar-refractivity contribution in [2.24, 2.45) is 12.8 Å². The topological polar surface area (TPSA) is 127 Å². The third kappa shape index (κ3) is 4.06. The zero-order valence-corrected chi connectivity index (χ0v) is 10.5. The van der Waals surface area contributed by atoms with Crippen LogP contribution in [0.1, 0.15) is 16.9 Å². The summed E-state index contributed by atoms with van der Waals surface area (Å²) in [5, 5.41) is 20.0. The van der Waals surface area contributed by atoms with Crippen molar-refractivity contribution in [2.75, 3.05) is 6.54 Å². The molecule has 1 heterocycles. The first-order valence-corrected chi connectivity index (χ1v) is 4.83. The van der Waals surface area contributed by atoms with Crippen molar-refractivity contribution in [2.45, 2.75) is 6.42 Å². The zero-order chi connectivity index (χ0) is 13.0. The van der Waals surface area contributed by atoms with Crippen LogP contribution in [0.4, 0.5) is 5.69 Å². The Labute approximate surface area is 109 Å². The van der Waals surface area contributed by atoms with Crippen LogP contribution in [0.15, 0.2) is 12.3 Å². The number of nitrogens with zero attached hydrogens (tertiary/aromatic N) is 2. The van der Waals surface area contributed by atoms with Gasteiger partial charge in [-0.2, -0.15) is 0 Å². The lowest BCUT2D eigenvalue weighted by Gasteiger charge is -2.04. The first kappa shape index (κ1) is 15.9. The largest absolute Gasteiger partial charge is 0.388 e. The molecule has 4 N–H and O–H groups in total. The Morgan fingerprint density at radius 3 is 2.72 bits per heavy atom. The van der Waals surface area contributed by atoms with Crippen LogP contribution in [0.3, 0.4) is 0 Å². The lowest BCUT2D eigenvalue weighted by molar-refractivity contribution is -0.384. The third-order valence-electron chi connectivity index (χ3n) is 2.11. The van der Waals surface area contributed by atoms with Gasteiger partial charge in [0.1, 0.15) is 5.69 Å². The Morgan fingerprint density at radius 2 is 2.28 bits per heavy atom. The molecule has 18 heavy (non-hydrogen) atoms. The highest BCUT2D eigenvalue weighted by Crippen LogP contribution is 2.14. The van der Waals surface area contributed by atoms with Crippen LogP contribution >= 0.6 is 12.4 Å². The molecule has 8 nitrogen and oxygen atoms in total. The molecule has 0 aliphatic carbocycles. The van der Waals surface area contributed by atoms with E-state index >= 15 is 0 Å². The number of rotatable bonds is 5. The van der Waals surface area contributed by atoms with Crippen molar-refractivity contribution in [1.29, 1.82) is 5.41 Å². The van der Waals surface area contributed by atoms with E-state index in [1.807, 2.05) is 0 Å². The maximum absolute atomic E-state index is 11.6. The summed E-state index contributed by atoms with van der Waals surface area (Å²) in [7, 11) is 1.55. The first-order chi connectivity index (χ1) is 7.91. The van der Waals surface area contributed by atoms with Crippen LogP contribution < -0.4 is 11.1 Å². The number of amidine groups is 1. The Kier molecular flexibility index (Phi) is 5.83. The number of nitrogens with two attached hydrogens (primary N) is 1. The normalized spacial score (nSPS) is 9.39. The summed E-state index contributed by atoms with van der Waals surface area (Å²) < 4.78 is 1.38. The number of nitrogens with one attached hydrogen (secondary N) is 2. The number of amides is 1. The van der Waals surface area contributed by atoms with Gasteiger partial charge in [-0.05, 0) is 0 Å². The zero-order valence-electron chi connectivity index (χ0n) is 9.67. The Hall–Kier alpha value is -2.09. The summed E-state index contributed by atoms with van der Waals surface area (Å²) in [6, 6.07) is 1.20. The van der Waals surface area contributed by atoms with E-state index in [9.17, 15) is 14.9 Å². The highest BCUT2D eigenvalue weighted by Gasteiger charge is 2.16. The van der Waals surface area contributed by atoms with E-state index in [4.69, 9.17) is 11.1 Å². The molecule has 0 bridgehead atoms. The van der Waals surface area contributed by atoms with Gasteiger partial charge in [0.15, 0.2) is 0 Å². The summed E-state index contributed by atoms with van der Waals surface area (Å²) in [4.78, 5) is 21.6. The maximum Gasteiger partial charge on any atom is 0.287 e. The highest BCUT2D eigenvalue weighted by atomic mass is 35.5. The van der Waals surface area contributed by atoms with E-state index in [1.54, 1.807) is 7.05 Å². The minimum Gasteiger partial charge on any atom is -0.388 e. The lowest BCUT2D eigenvalue weighted by Crippen LogP contribution is -2.28. The monoisotopic (exact) mass is 275 g/mol. The number of carbonyl (C=O) groups excluding carboxylic acids is 1. The molecule has 0 atom stereocenters. The molecule has 1 amide bonds. The van der Waals surface area contributed by atoms with Crippen molar-refractivity contribution in [3.8, 4) is 0 Å². The second kappa shape index (κ2) is 6.60. The third-order valence-corrected chi connectivity index (χ3v) is 2.11. The van der Waals surface area contributed by atoms with Crippen molar-refractivity contribution in [3.63, 3.8) is 0 Å². The van der Waals surface area contributed by atoms with Crippen LogP contribution in [-0.4, -0.2) is 27.8 Å². The van der Waals surface area contributed by atoms with Crippen LogP contribution in [0.5, 0.6) is 0 Å². The molecule has 0 fully saturated rings. The van der Waals surface area contributed by atoms with Crippen molar-refractivity contribution < 1.29 is 9.72 Å². The predicted molar refractivity (Wildman–Crippen MR) is 68.2 cm³/mol. The number of hydrogen-bond acceptors (Lipinski definition) is 4. The predicted octanol–water partition coefficient (Wildman–Crippen LogP) is 0.411. The molecule has 0 spiro atoms. The Bertz CT molecular complexity index is 471. The number of hydrogen-bond donors (Lipinski definition) is 3. The van der Waals surface area contributed by atoms with Gasteiger partial charge in [0, 0.05) is 26.1 Å². The summed E-state index contributed by atoms with van der Waals surface area (Å²) >= 11 is 0. The minimum atomic E-state index is -0.563. The van der Waals surface area contributed by atoms with Crippen LogP contribution in [0.2, 0.25) is 0 Å². The SMILES string of the molecule is Cl.Cn1cc([N+](=O)[O-])cc1C(=O)NCCC(=N)N. The molecule has 0 unspecified atom stereocenters. The second-order valence-electron chi connectivity index (χ2n) is 3.48. The number of nitro groups is 1. The van der Waals surface area contributed by atoms with Gasteiger partial charge in [0.05, 0.1) is 17.0 Å². The van der Waals surface area contributed by atoms with E-state index in [2.05, 4.69) is 5.32 Å². The van der Waals surface area contributed by atoms with Gasteiger partial charge in [-0.1, -0.05) is 0 Å². The quantitative estimate of drug-likeness (QED) is 0.311. The van der Waals surface area contributed by atoms with Gasteiger partial charge in [0.25, 0.3) is 11.6 Å².